The van der Waals surface area contributed by atoms with Crippen molar-refractivity contribution < 1.29 is 0 Å². The van der Waals surface area contributed by atoms with E-state index in [1.54, 1.807) is 6.20 Å². The van der Waals surface area contributed by atoms with Crippen LogP contribution in [0.5, 0.6) is 0 Å². The third-order valence-corrected chi connectivity index (χ3v) is 3.05. The molecule has 0 radical (unpaired) electrons. The van der Waals surface area contributed by atoms with Gasteiger partial charge in [0.2, 0.25) is 0 Å². The molecule has 0 spiro atoms. The molecule has 3 heteroatoms. The number of H-pyrrole nitrogens is 1. The molecule has 0 unspecified atom stereocenters. The molecule has 1 N–H and O–H groups in total. The fraction of sp³-hybridized carbons (Fsp3) is 0. The molecule has 17 heavy (non-hydrogen) atoms. The second-order valence-electron chi connectivity index (χ2n) is 3.84. The van der Waals surface area contributed by atoms with Gasteiger partial charge in [-0.15, -0.1) is 0 Å². The zero-order chi connectivity index (χ0) is 11.7. The topological polar surface area (TPSA) is 28.7 Å². The van der Waals surface area contributed by atoms with E-state index in [4.69, 9.17) is 12.2 Å². The lowest BCUT2D eigenvalue weighted by Crippen LogP contribution is -1.86. The van der Waals surface area contributed by atoms with Crippen LogP contribution >= 0.6 is 12.2 Å². The van der Waals surface area contributed by atoms with Gasteiger partial charge in [0.1, 0.15) is 4.64 Å². The number of nitrogens with zero attached hydrogens (tertiary/aromatic N) is 1. The maximum absolute atomic E-state index is 5.38. The molecule has 3 aromatic rings. The van der Waals surface area contributed by atoms with E-state index in [1.165, 1.54) is 0 Å². The Hall–Kier alpha value is -2.00. The first-order chi connectivity index (χ1) is 8.34. The normalized spacial score (nSPS) is 10.6. The van der Waals surface area contributed by atoms with E-state index >= 15 is 0 Å². The predicted molar refractivity (Wildman–Crippen MR) is 72.4 cm³/mol. The highest BCUT2D eigenvalue weighted by atomic mass is 32.1. The summed E-state index contributed by atoms with van der Waals surface area (Å²) in [6.45, 7) is 0. The van der Waals surface area contributed by atoms with Crippen LogP contribution in [0.2, 0.25) is 0 Å². The SMILES string of the molecule is S=c1[nH]c2ccccc2cc1-c1cccnc1. The number of nitrogens with one attached hydrogen (secondary N) is 1. The number of hydrogen-bond acceptors (Lipinski definition) is 2. The van der Waals surface area contributed by atoms with Crippen LogP contribution in [-0.2, 0) is 0 Å². The summed E-state index contributed by atoms with van der Waals surface area (Å²) in [5, 5.41) is 1.15. The van der Waals surface area contributed by atoms with E-state index < -0.39 is 0 Å². The Bertz CT molecular complexity index is 717. The minimum Gasteiger partial charge on any atom is -0.346 e. The number of rotatable bonds is 1. The molecule has 2 nitrogen and oxygen atoms in total. The number of fused-ring (bicyclic) bond motifs is 1. The lowest BCUT2D eigenvalue weighted by molar-refractivity contribution is 1.31. The highest BCUT2D eigenvalue weighted by Crippen LogP contribution is 2.23. The molecule has 82 valence electrons. The van der Waals surface area contributed by atoms with Crippen LogP contribution in [0.25, 0.3) is 22.0 Å². The van der Waals surface area contributed by atoms with Gasteiger partial charge in [0.05, 0.1) is 0 Å². The average molecular weight is 238 g/mol. The van der Waals surface area contributed by atoms with Gasteiger partial charge in [0.15, 0.2) is 0 Å². The summed E-state index contributed by atoms with van der Waals surface area (Å²) in [6.07, 6.45) is 3.59. The fourth-order valence-electron chi connectivity index (χ4n) is 1.88. The van der Waals surface area contributed by atoms with Crippen LogP contribution in [0, 0.1) is 4.64 Å². The van der Waals surface area contributed by atoms with Crippen molar-refractivity contribution in [1.29, 1.82) is 0 Å². The number of benzene rings is 1. The van der Waals surface area contributed by atoms with Crippen LogP contribution in [0.4, 0.5) is 0 Å². The molecule has 0 aliphatic heterocycles. The molecule has 1 aromatic carbocycles. The summed E-state index contributed by atoms with van der Waals surface area (Å²) < 4.78 is 0.747. The van der Waals surface area contributed by atoms with Crippen molar-refractivity contribution in [1.82, 2.24) is 9.97 Å². The van der Waals surface area contributed by atoms with Gasteiger partial charge in [-0.1, -0.05) is 36.5 Å². The second kappa shape index (κ2) is 4.11. The lowest BCUT2D eigenvalue weighted by Gasteiger charge is -2.04. The minimum absolute atomic E-state index is 0.747. The molecule has 0 atom stereocenters. The molecule has 0 saturated carbocycles. The van der Waals surface area contributed by atoms with E-state index in [0.29, 0.717) is 0 Å². The lowest BCUT2D eigenvalue weighted by atomic mass is 10.1. The Labute approximate surface area is 104 Å². The van der Waals surface area contributed by atoms with Crippen LogP contribution in [0.15, 0.2) is 54.9 Å². The Balaban J connectivity index is 2.31. The minimum atomic E-state index is 0.747. The first-order valence-electron chi connectivity index (χ1n) is 5.37. The van der Waals surface area contributed by atoms with Gasteiger partial charge in [-0.3, -0.25) is 4.98 Å². The molecule has 2 aromatic heterocycles. The Kier molecular flexibility index (Phi) is 2.46. The summed E-state index contributed by atoms with van der Waals surface area (Å²) in [5.74, 6) is 0. The van der Waals surface area contributed by atoms with E-state index in [0.717, 1.165) is 26.7 Å². The summed E-state index contributed by atoms with van der Waals surface area (Å²) in [5.41, 5.74) is 3.12. The van der Waals surface area contributed by atoms with Crippen molar-refractivity contribution in [3.63, 3.8) is 0 Å². The van der Waals surface area contributed by atoms with Crippen LogP contribution < -0.4 is 0 Å². The first kappa shape index (κ1) is 10.2. The van der Waals surface area contributed by atoms with Gasteiger partial charge in [-0.25, -0.2) is 0 Å². The molecular formula is C14H10N2S. The number of aromatic nitrogens is 2. The summed E-state index contributed by atoms with van der Waals surface area (Å²) in [4.78, 5) is 7.37. The molecule has 0 fully saturated rings. The summed E-state index contributed by atoms with van der Waals surface area (Å²) >= 11 is 5.38. The largest absolute Gasteiger partial charge is 0.346 e. The third-order valence-electron chi connectivity index (χ3n) is 2.73. The highest BCUT2D eigenvalue weighted by molar-refractivity contribution is 7.71. The molecule has 0 amide bonds. The highest BCUT2D eigenvalue weighted by Gasteiger charge is 2.02. The van der Waals surface area contributed by atoms with Gasteiger partial charge in [-0.05, 0) is 23.6 Å². The van der Waals surface area contributed by atoms with Gasteiger partial charge in [0, 0.05) is 29.0 Å². The predicted octanol–water partition coefficient (Wildman–Crippen LogP) is 3.96. The standard InChI is InChI=1S/C14H10N2S/c17-14-12(11-5-3-7-15-9-11)8-10-4-1-2-6-13(10)16-14/h1-9H,(H,16,17). The number of pyridine rings is 2. The average Bonchev–Trinajstić information content (AvgIpc) is 2.39. The van der Waals surface area contributed by atoms with E-state index in [1.807, 2.05) is 36.5 Å². The van der Waals surface area contributed by atoms with Gasteiger partial charge < -0.3 is 4.98 Å². The van der Waals surface area contributed by atoms with Crippen molar-refractivity contribution in [3.05, 3.63) is 59.5 Å². The zero-order valence-corrected chi connectivity index (χ0v) is 9.87. The molecule has 0 aliphatic rings. The Morgan fingerprint density at radius 2 is 1.94 bits per heavy atom. The number of hydrogen-bond donors (Lipinski definition) is 1. The van der Waals surface area contributed by atoms with E-state index in [-0.39, 0.29) is 0 Å². The number of para-hydroxylation sites is 1. The van der Waals surface area contributed by atoms with Crippen molar-refractivity contribution in [2.24, 2.45) is 0 Å². The zero-order valence-electron chi connectivity index (χ0n) is 9.05. The number of aromatic amines is 1. The molecule has 3 rings (SSSR count). The molecular weight excluding hydrogens is 228 g/mol. The van der Waals surface area contributed by atoms with Crippen LogP contribution in [0.1, 0.15) is 0 Å². The first-order valence-corrected chi connectivity index (χ1v) is 5.78. The molecule has 0 bridgehead atoms. The van der Waals surface area contributed by atoms with Crippen LogP contribution in [0.3, 0.4) is 0 Å². The smallest absolute Gasteiger partial charge is 0.111 e. The summed E-state index contributed by atoms with van der Waals surface area (Å²) in [7, 11) is 0. The fourth-order valence-corrected chi connectivity index (χ4v) is 2.17. The van der Waals surface area contributed by atoms with Gasteiger partial charge >= 0.3 is 0 Å². The molecule has 0 aliphatic carbocycles. The Morgan fingerprint density at radius 1 is 1.06 bits per heavy atom. The monoisotopic (exact) mass is 238 g/mol. The van der Waals surface area contributed by atoms with Crippen molar-refractivity contribution in [2.75, 3.05) is 0 Å². The third kappa shape index (κ3) is 1.85. The van der Waals surface area contributed by atoms with Crippen LogP contribution in [-0.4, -0.2) is 9.97 Å². The Morgan fingerprint density at radius 3 is 2.76 bits per heavy atom. The van der Waals surface area contributed by atoms with Crippen molar-refractivity contribution >= 4 is 23.1 Å². The molecule has 2 heterocycles. The quantitative estimate of drug-likeness (QED) is 0.650. The van der Waals surface area contributed by atoms with Gasteiger partial charge in [0.25, 0.3) is 0 Å². The van der Waals surface area contributed by atoms with E-state index in [2.05, 4.69) is 22.1 Å². The maximum Gasteiger partial charge on any atom is 0.111 e. The second-order valence-corrected chi connectivity index (χ2v) is 4.25. The van der Waals surface area contributed by atoms with Crippen molar-refractivity contribution in [3.8, 4) is 11.1 Å². The summed E-state index contributed by atoms with van der Waals surface area (Å²) in [6, 6.07) is 14.1. The van der Waals surface area contributed by atoms with Gasteiger partial charge in [-0.2, -0.15) is 0 Å². The molecule has 0 saturated heterocycles. The maximum atomic E-state index is 5.38. The van der Waals surface area contributed by atoms with E-state index in [9.17, 15) is 0 Å². The van der Waals surface area contributed by atoms with Crippen molar-refractivity contribution in [2.45, 2.75) is 0 Å².